The van der Waals surface area contributed by atoms with E-state index >= 15 is 0 Å². The van der Waals surface area contributed by atoms with Crippen LogP contribution >= 0.6 is 0 Å². The Kier molecular flexibility index (Phi) is 12.0. The molecule has 5 nitrogen and oxygen atoms in total. The average molecular weight is 324 g/mol. The first-order valence-electron chi connectivity index (χ1n) is 8.41. The van der Waals surface area contributed by atoms with E-state index in [1.165, 1.54) is 0 Å². The van der Waals surface area contributed by atoms with E-state index in [0.717, 1.165) is 45.4 Å². The summed E-state index contributed by atoms with van der Waals surface area (Å²) in [7, 11) is 0. The van der Waals surface area contributed by atoms with E-state index in [-0.39, 0.29) is 17.8 Å². The van der Waals surface area contributed by atoms with Crippen LogP contribution in [0.1, 0.15) is 40.0 Å². The van der Waals surface area contributed by atoms with Crippen LogP contribution in [0, 0.1) is 5.92 Å². The van der Waals surface area contributed by atoms with E-state index in [1.807, 2.05) is 0 Å². The molecule has 1 unspecified atom stereocenters. The summed E-state index contributed by atoms with van der Waals surface area (Å²) in [5.74, 6) is -0.0952. The van der Waals surface area contributed by atoms with Gasteiger partial charge in [0.1, 0.15) is 6.61 Å². The summed E-state index contributed by atoms with van der Waals surface area (Å²) >= 11 is 0. The summed E-state index contributed by atoms with van der Waals surface area (Å²) in [6.07, 6.45) is 4.95. The van der Waals surface area contributed by atoms with Crippen molar-refractivity contribution in [1.82, 2.24) is 10.2 Å². The van der Waals surface area contributed by atoms with Crippen molar-refractivity contribution >= 4 is 11.9 Å². The number of esters is 1. The predicted molar refractivity (Wildman–Crippen MR) is 94.1 cm³/mol. The molecule has 1 atom stereocenters. The highest BCUT2D eigenvalue weighted by Crippen LogP contribution is 2.12. The lowest BCUT2D eigenvalue weighted by molar-refractivity contribution is -0.139. The minimum Gasteiger partial charge on any atom is -0.461 e. The number of amides is 1. The van der Waals surface area contributed by atoms with E-state index in [9.17, 15) is 9.59 Å². The third kappa shape index (κ3) is 9.89. The molecule has 1 amide bonds. The zero-order valence-electron chi connectivity index (χ0n) is 14.9. The fourth-order valence-electron chi connectivity index (χ4n) is 2.12. The number of carbonyl (C=O) groups is 2. The average Bonchev–Trinajstić information content (AvgIpc) is 2.75. The highest BCUT2D eigenvalue weighted by molar-refractivity contribution is 5.86. The number of nitrogens with zero attached hydrogens (tertiary/aromatic N) is 1. The molecule has 5 heteroatoms. The molecule has 0 aromatic heterocycles. The molecule has 1 heterocycles. The number of likely N-dealkylation sites (N-methyl/N-ethyl adjacent to an activating group) is 1. The smallest absolute Gasteiger partial charge is 0.333 e. The second kappa shape index (κ2) is 12.9. The second-order valence-electron chi connectivity index (χ2n) is 5.57. The van der Waals surface area contributed by atoms with Gasteiger partial charge < -0.3 is 15.0 Å². The molecule has 1 rings (SSSR count). The molecule has 0 aromatic rings. The van der Waals surface area contributed by atoms with Gasteiger partial charge in [-0.3, -0.25) is 4.79 Å². The summed E-state index contributed by atoms with van der Waals surface area (Å²) in [6, 6.07) is 0. The van der Waals surface area contributed by atoms with Crippen molar-refractivity contribution in [2.75, 3.05) is 32.8 Å². The van der Waals surface area contributed by atoms with Gasteiger partial charge in [-0.25, -0.2) is 4.79 Å². The van der Waals surface area contributed by atoms with Crippen LogP contribution < -0.4 is 5.32 Å². The summed E-state index contributed by atoms with van der Waals surface area (Å²) in [4.78, 5) is 24.2. The fraction of sp³-hybridized carbons (Fsp3) is 0.667. The van der Waals surface area contributed by atoms with Gasteiger partial charge in [0.15, 0.2) is 0 Å². The van der Waals surface area contributed by atoms with Gasteiger partial charge in [-0.15, -0.1) is 6.58 Å². The Bertz CT molecular complexity index is 390. The Labute approximate surface area is 140 Å². The van der Waals surface area contributed by atoms with E-state index in [2.05, 4.69) is 37.2 Å². The van der Waals surface area contributed by atoms with Crippen molar-refractivity contribution < 1.29 is 14.3 Å². The molecule has 0 bridgehead atoms. The van der Waals surface area contributed by atoms with Crippen molar-refractivity contribution in [2.24, 2.45) is 5.92 Å². The molecule has 0 saturated carbocycles. The fourth-order valence-corrected chi connectivity index (χ4v) is 2.12. The standard InChI is InChI=1S/C10H19NO2.C8H13NO/c1-5-11(6-2)7-8-13-10(12)9(3)4;1-2-7-5-3-4-6-9-8(7)10/h3,5-8H2,1-2,4H3;2,7H,1,3-6H2,(H,9,10). The van der Waals surface area contributed by atoms with Crippen LogP contribution in [0.5, 0.6) is 0 Å². The Morgan fingerprint density at radius 2 is 2.04 bits per heavy atom. The van der Waals surface area contributed by atoms with Gasteiger partial charge in [-0.1, -0.05) is 32.9 Å². The van der Waals surface area contributed by atoms with Crippen molar-refractivity contribution in [3.63, 3.8) is 0 Å². The highest BCUT2D eigenvalue weighted by atomic mass is 16.5. The number of rotatable bonds is 7. The Morgan fingerprint density at radius 3 is 2.57 bits per heavy atom. The number of ether oxygens (including phenoxy) is 1. The van der Waals surface area contributed by atoms with Gasteiger partial charge in [0.25, 0.3) is 0 Å². The van der Waals surface area contributed by atoms with E-state index < -0.39 is 0 Å². The monoisotopic (exact) mass is 324 g/mol. The van der Waals surface area contributed by atoms with E-state index in [0.29, 0.717) is 12.2 Å². The number of hydrogen-bond donors (Lipinski definition) is 1. The van der Waals surface area contributed by atoms with Crippen LogP contribution in [-0.4, -0.2) is 49.6 Å². The van der Waals surface area contributed by atoms with Gasteiger partial charge >= 0.3 is 5.97 Å². The molecule has 1 aliphatic rings. The van der Waals surface area contributed by atoms with Crippen LogP contribution in [0.15, 0.2) is 24.8 Å². The molecule has 0 aliphatic carbocycles. The van der Waals surface area contributed by atoms with Crippen LogP contribution in [0.2, 0.25) is 0 Å². The summed E-state index contributed by atoms with van der Waals surface area (Å²) in [6.45, 7) is 17.0. The lowest BCUT2D eigenvalue weighted by atomic mass is 10.0. The minimum absolute atomic E-state index is 0.0579. The van der Waals surface area contributed by atoms with E-state index in [4.69, 9.17) is 4.74 Å². The van der Waals surface area contributed by atoms with Gasteiger partial charge in [0.2, 0.25) is 5.91 Å². The molecule has 0 radical (unpaired) electrons. The first kappa shape index (κ1) is 21.4. The molecule has 1 N–H and O–H groups in total. The molecular weight excluding hydrogens is 292 g/mol. The molecule has 132 valence electrons. The highest BCUT2D eigenvalue weighted by Gasteiger charge is 2.16. The SMILES string of the molecule is C=C(C)C(=O)OCCN(CC)CC.C=CC1CCCCNC1=O. The zero-order valence-corrected chi connectivity index (χ0v) is 14.9. The quantitative estimate of drug-likeness (QED) is 0.444. The molecular formula is C18H32N2O3. The number of hydrogen-bond acceptors (Lipinski definition) is 4. The van der Waals surface area contributed by atoms with Gasteiger partial charge in [-0.05, 0) is 32.9 Å². The second-order valence-corrected chi connectivity index (χ2v) is 5.57. The van der Waals surface area contributed by atoms with Crippen LogP contribution in [-0.2, 0) is 14.3 Å². The lowest BCUT2D eigenvalue weighted by Gasteiger charge is -2.17. The zero-order chi connectivity index (χ0) is 17.7. The maximum absolute atomic E-state index is 11.1. The Hall–Kier alpha value is -1.62. The summed E-state index contributed by atoms with van der Waals surface area (Å²) in [5, 5.41) is 2.84. The molecule has 1 fully saturated rings. The topological polar surface area (TPSA) is 58.6 Å². The van der Waals surface area contributed by atoms with Gasteiger partial charge in [0, 0.05) is 18.7 Å². The van der Waals surface area contributed by atoms with E-state index in [1.54, 1.807) is 13.0 Å². The van der Waals surface area contributed by atoms with Crippen LogP contribution in [0.3, 0.4) is 0 Å². The number of nitrogens with one attached hydrogen (secondary N) is 1. The summed E-state index contributed by atoms with van der Waals surface area (Å²) < 4.78 is 4.96. The molecule has 0 spiro atoms. The Balaban J connectivity index is 0.000000433. The third-order valence-electron chi connectivity index (χ3n) is 3.75. The van der Waals surface area contributed by atoms with Crippen LogP contribution in [0.4, 0.5) is 0 Å². The number of carbonyl (C=O) groups excluding carboxylic acids is 2. The van der Waals surface area contributed by atoms with Gasteiger partial charge in [-0.2, -0.15) is 0 Å². The molecule has 1 saturated heterocycles. The summed E-state index contributed by atoms with van der Waals surface area (Å²) in [5.41, 5.74) is 0.458. The maximum Gasteiger partial charge on any atom is 0.333 e. The first-order chi connectivity index (χ1) is 11.0. The van der Waals surface area contributed by atoms with Crippen molar-refractivity contribution in [1.29, 1.82) is 0 Å². The third-order valence-corrected chi connectivity index (χ3v) is 3.75. The van der Waals surface area contributed by atoms with Crippen molar-refractivity contribution in [3.8, 4) is 0 Å². The van der Waals surface area contributed by atoms with Gasteiger partial charge in [0.05, 0.1) is 5.92 Å². The van der Waals surface area contributed by atoms with Crippen molar-refractivity contribution in [3.05, 3.63) is 24.8 Å². The Morgan fingerprint density at radius 1 is 1.39 bits per heavy atom. The maximum atomic E-state index is 11.1. The van der Waals surface area contributed by atoms with Crippen molar-refractivity contribution in [2.45, 2.75) is 40.0 Å². The minimum atomic E-state index is -0.299. The molecule has 23 heavy (non-hydrogen) atoms. The largest absolute Gasteiger partial charge is 0.461 e. The predicted octanol–water partition coefficient (Wildman–Crippen LogP) is 2.54. The molecule has 0 aromatic carbocycles. The normalized spacial score (nSPS) is 17.4. The van der Waals surface area contributed by atoms with Crippen LogP contribution in [0.25, 0.3) is 0 Å². The lowest BCUT2D eigenvalue weighted by Crippen LogP contribution is -2.27. The molecule has 1 aliphatic heterocycles. The first-order valence-corrected chi connectivity index (χ1v) is 8.41.